The first-order valence-corrected chi connectivity index (χ1v) is 9.95. The monoisotopic (exact) mass is 458 g/mol. The van der Waals surface area contributed by atoms with E-state index in [1.807, 2.05) is 30.3 Å². The smallest absolute Gasteiger partial charge is 0.286 e. The van der Waals surface area contributed by atoms with E-state index >= 15 is 0 Å². The summed E-state index contributed by atoms with van der Waals surface area (Å²) in [5.41, 5.74) is 1.17. The van der Waals surface area contributed by atoms with Crippen LogP contribution >= 0.6 is 15.9 Å². The molecule has 0 aliphatic carbocycles. The van der Waals surface area contributed by atoms with Crippen LogP contribution in [0.5, 0.6) is 0 Å². The van der Waals surface area contributed by atoms with Gasteiger partial charge >= 0.3 is 0 Å². The summed E-state index contributed by atoms with van der Waals surface area (Å²) >= 11 is 3.25. The van der Waals surface area contributed by atoms with Gasteiger partial charge in [-0.3, -0.25) is 9.59 Å². The van der Waals surface area contributed by atoms with Crippen molar-refractivity contribution in [3.8, 4) is 0 Å². The van der Waals surface area contributed by atoms with Crippen molar-refractivity contribution in [2.75, 3.05) is 6.54 Å². The second-order valence-corrected chi connectivity index (χ2v) is 7.33. The molecule has 150 valence electrons. The fourth-order valence-corrected chi connectivity index (χ4v) is 3.23. The lowest BCUT2D eigenvalue weighted by Gasteiger charge is -2.20. The van der Waals surface area contributed by atoms with Crippen LogP contribution in [0.2, 0.25) is 0 Å². The molecule has 0 saturated carbocycles. The number of nitrogens with one attached hydrogen (secondary N) is 2. The molecule has 0 radical (unpaired) electrons. The van der Waals surface area contributed by atoms with Gasteiger partial charge in [0, 0.05) is 23.0 Å². The minimum Gasteiger partial charge on any atom is -0.459 e. The number of halogens is 2. The minimum absolute atomic E-state index is 0.194. The van der Waals surface area contributed by atoms with E-state index in [0.717, 1.165) is 5.56 Å². The van der Waals surface area contributed by atoms with Crippen LogP contribution in [0.3, 0.4) is 0 Å². The summed E-state index contributed by atoms with van der Waals surface area (Å²) < 4.78 is 20.2. The first-order chi connectivity index (χ1) is 14.0. The van der Waals surface area contributed by atoms with Crippen LogP contribution in [0, 0.1) is 5.82 Å². The number of rotatable bonds is 8. The Bertz CT molecular complexity index is 961. The molecule has 0 fully saturated rings. The third kappa shape index (κ3) is 5.77. The molecule has 0 saturated heterocycles. The Morgan fingerprint density at radius 2 is 1.86 bits per heavy atom. The van der Waals surface area contributed by atoms with Gasteiger partial charge in [0.1, 0.15) is 5.82 Å². The molecular formula is C22H20BrFN2O3. The number of amides is 2. The zero-order valence-corrected chi connectivity index (χ0v) is 17.1. The summed E-state index contributed by atoms with van der Waals surface area (Å²) in [5.74, 6) is -0.730. The third-order valence-corrected chi connectivity index (χ3v) is 4.82. The number of benzene rings is 2. The van der Waals surface area contributed by atoms with Gasteiger partial charge in [0.25, 0.3) is 5.91 Å². The van der Waals surface area contributed by atoms with Crippen LogP contribution in [0.4, 0.5) is 4.39 Å². The number of hydrogen-bond donors (Lipinski definition) is 2. The highest BCUT2D eigenvalue weighted by atomic mass is 79.9. The van der Waals surface area contributed by atoms with E-state index in [2.05, 4.69) is 26.6 Å². The highest BCUT2D eigenvalue weighted by molar-refractivity contribution is 9.10. The van der Waals surface area contributed by atoms with E-state index in [1.165, 1.54) is 12.3 Å². The standard InChI is InChI=1S/C22H20BrFN2O3/c23-16-10-11-17(18(24)14-16)21(15-6-2-1-3-7-15)26-20(27)9-4-12-25-22(28)19-8-5-13-29-19/h1-3,5-8,10-11,13-14,21H,4,9,12H2,(H,25,28)(H,26,27)/t21-/m1/s1. The molecule has 0 spiro atoms. The summed E-state index contributed by atoms with van der Waals surface area (Å²) in [7, 11) is 0. The molecule has 0 bridgehead atoms. The van der Waals surface area contributed by atoms with E-state index < -0.39 is 11.9 Å². The fraction of sp³-hybridized carbons (Fsp3) is 0.182. The van der Waals surface area contributed by atoms with Crippen LogP contribution in [0.1, 0.15) is 40.6 Å². The maximum atomic E-state index is 14.5. The van der Waals surface area contributed by atoms with Crippen LogP contribution in [0.15, 0.2) is 75.8 Å². The number of hydrogen-bond acceptors (Lipinski definition) is 3. The molecule has 29 heavy (non-hydrogen) atoms. The third-order valence-electron chi connectivity index (χ3n) is 4.32. The Balaban J connectivity index is 1.60. The van der Waals surface area contributed by atoms with Crippen LogP contribution in [-0.4, -0.2) is 18.4 Å². The van der Waals surface area contributed by atoms with Gasteiger partial charge in [0.2, 0.25) is 5.91 Å². The van der Waals surface area contributed by atoms with Crippen molar-refractivity contribution >= 4 is 27.7 Å². The topological polar surface area (TPSA) is 71.3 Å². The van der Waals surface area contributed by atoms with E-state index in [1.54, 1.807) is 24.3 Å². The molecule has 1 aromatic heterocycles. The highest BCUT2D eigenvalue weighted by Crippen LogP contribution is 2.26. The summed E-state index contributed by atoms with van der Waals surface area (Å²) in [5, 5.41) is 5.59. The second kappa shape index (κ2) is 10.0. The Labute approximate surface area is 176 Å². The molecule has 1 atom stereocenters. The van der Waals surface area contributed by atoms with Crippen molar-refractivity contribution < 1.29 is 18.4 Å². The van der Waals surface area contributed by atoms with E-state index in [9.17, 15) is 14.0 Å². The minimum atomic E-state index is -0.602. The predicted octanol–water partition coefficient (Wildman–Crippen LogP) is 4.60. The van der Waals surface area contributed by atoms with Crippen molar-refractivity contribution in [3.05, 3.63) is 94.1 Å². The summed E-state index contributed by atoms with van der Waals surface area (Å²) in [6.45, 7) is 0.329. The molecular weight excluding hydrogens is 439 g/mol. The number of furan rings is 1. The van der Waals surface area contributed by atoms with Gasteiger partial charge in [0.15, 0.2) is 5.76 Å². The molecule has 7 heteroatoms. The molecule has 0 unspecified atom stereocenters. The first kappa shape index (κ1) is 20.8. The van der Waals surface area contributed by atoms with Gasteiger partial charge < -0.3 is 15.1 Å². The van der Waals surface area contributed by atoms with E-state index in [4.69, 9.17) is 4.42 Å². The Morgan fingerprint density at radius 1 is 1.07 bits per heavy atom. The van der Waals surface area contributed by atoms with Crippen molar-refractivity contribution in [2.24, 2.45) is 0 Å². The molecule has 2 aromatic carbocycles. The fourth-order valence-electron chi connectivity index (χ4n) is 2.90. The quantitative estimate of drug-likeness (QED) is 0.484. The van der Waals surface area contributed by atoms with Crippen LogP contribution in [-0.2, 0) is 4.79 Å². The van der Waals surface area contributed by atoms with Gasteiger partial charge in [-0.1, -0.05) is 52.3 Å². The highest BCUT2D eigenvalue weighted by Gasteiger charge is 2.20. The zero-order valence-electron chi connectivity index (χ0n) is 15.5. The maximum absolute atomic E-state index is 14.5. The van der Waals surface area contributed by atoms with Crippen molar-refractivity contribution in [1.29, 1.82) is 0 Å². The largest absolute Gasteiger partial charge is 0.459 e. The van der Waals surface area contributed by atoms with Gasteiger partial charge in [-0.15, -0.1) is 0 Å². The number of carbonyl (C=O) groups is 2. The molecule has 3 rings (SSSR count). The lowest BCUT2D eigenvalue weighted by molar-refractivity contribution is -0.121. The van der Waals surface area contributed by atoms with Crippen LogP contribution in [0.25, 0.3) is 0 Å². The van der Waals surface area contributed by atoms with Gasteiger partial charge in [-0.2, -0.15) is 0 Å². The maximum Gasteiger partial charge on any atom is 0.286 e. The number of carbonyl (C=O) groups excluding carboxylic acids is 2. The summed E-state index contributed by atoms with van der Waals surface area (Å²) in [6, 6.07) is 16.6. The Morgan fingerprint density at radius 3 is 2.55 bits per heavy atom. The average Bonchev–Trinajstić information content (AvgIpc) is 3.25. The molecule has 2 amide bonds. The van der Waals surface area contributed by atoms with E-state index in [0.29, 0.717) is 23.0 Å². The lowest BCUT2D eigenvalue weighted by Crippen LogP contribution is -2.31. The van der Waals surface area contributed by atoms with Crippen molar-refractivity contribution in [3.63, 3.8) is 0 Å². The summed E-state index contributed by atoms with van der Waals surface area (Å²) in [6.07, 6.45) is 2.07. The molecule has 0 aliphatic rings. The molecule has 2 N–H and O–H groups in total. The molecule has 3 aromatic rings. The van der Waals surface area contributed by atoms with Gasteiger partial charge in [0.05, 0.1) is 12.3 Å². The molecule has 1 heterocycles. The van der Waals surface area contributed by atoms with Crippen LogP contribution < -0.4 is 10.6 Å². The SMILES string of the molecule is O=C(CCCNC(=O)c1ccco1)N[C@H](c1ccccc1)c1ccc(Br)cc1F. The predicted molar refractivity (Wildman–Crippen MR) is 111 cm³/mol. The second-order valence-electron chi connectivity index (χ2n) is 6.41. The molecule has 0 aliphatic heterocycles. The Kier molecular flexibility index (Phi) is 7.19. The Hall–Kier alpha value is -2.93. The molecule has 5 nitrogen and oxygen atoms in total. The summed E-state index contributed by atoms with van der Waals surface area (Å²) in [4.78, 5) is 24.3. The lowest BCUT2D eigenvalue weighted by atomic mass is 9.98. The normalized spacial score (nSPS) is 11.7. The first-order valence-electron chi connectivity index (χ1n) is 9.15. The van der Waals surface area contributed by atoms with Crippen molar-refractivity contribution in [2.45, 2.75) is 18.9 Å². The van der Waals surface area contributed by atoms with Gasteiger partial charge in [-0.05, 0) is 36.2 Å². The van der Waals surface area contributed by atoms with Gasteiger partial charge in [-0.25, -0.2) is 4.39 Å². The van der Waals surface area contributed by atoms with E-state index in [-0.39, 0.29) is 24.0 Å². The zero-order chi connectivity index (χ0) is 20.6. The average molecular weight is 459 g/mol. The van der Waals surface area contributed by atoms with Crippen molar-refractivity contribution in [1.82, 2.24) is 10.6 Å².